The number of para-hydroxylation sites is 1. The van der Waals surface area contributed by atoms with Crippen LogP contribution < -0.4 is 13.8 Å². The summed E-state index contributed by atoms with van der Waals surface area (Å²) in [5.41, 5.74) is 0.440. The summed E-state index contributed by atoms with van der Waals surface area (Å²) in [6.07, 6.45) is 0. The number of benzene rings is 2. The van der Waals surface area contributed by atoms with Crippen LogP contribution in [0.25, 0.3) is 0 Å². The number of fused-ring (bicyclic) bond motifs is 1. The van der Waals surface area contributed by atoms with Crippen LogP contribution >= 0.6 is 0 Å². The smallest absolute Gasteiger partial charge is 0.340 e. The Balaban J connectivity index is 2.07. The number of rotatable bonds is 5. The number of anilines is 1. The van der Waals surface area contributed by atoms with Crippen LogP contribution in [0.1, 0.15) is 17.3 Å². The molecule has 1 aliphatic heterocycles. The first-order chi connectivity index (χ1) is 12.5. The molecule has 1 aliphatic rings. The maximum atomic E-state index is 13.2. The predicted molar refractivity (Wildman–Crippen MR) is 95.4 cm³/mol. The molecule has 138 valence electrons. The molecule has 3 rings (SSSR count). The lowest BCUT2D eigenvalue weighted by atomic mass is 10.2. The molecule has 7 nitrogen and oxygen atoms in total. The van der Waals surface area contributed by atoms with Gasteiger partial charge in [0, 0.05) is 12.6 Å². The van der Waals surface area contributed by atoms with Crippen LogP contribution in [0.5, 0.6) is 11.5 Å². The van der Waals surface area contributed by atoms with Gasteiger partial charge in [0.1, 0.15) is 13.2 Å². The molecule has 0 radical (unpaired) electrons. The first-order valence-corrected chi connectivity index (χ1v) is 9.52. The molecule has 0 spiro atoms. The lowest BCUT2D eigenvalue weighted by Crippen LogP contribution is -2.32. The van der Waals surface area contributed by atoms with Gasteiger partial charge in [-0.1, -0.05) is 12.1 Å². The molecule has 2 aromatic rings. The van der Waals surface area contributed by atoms with Crippen molar-refractivity contribution in [2.45, 2.75) is 11.8 Å². The fraction of sp³-hybridized carbons (Fsp3) is 0.278. The van der Waals surface area contributed by atoms with Gasteiger partial charge in [0.15, 0.2) is 11.5 Å². The van der Waals surface area contributed by atoms with Crippen LogP contribution in [0.2, 0.25) is 0 Å². The summed E-state index contributed by atoms with van der Waals surface area (Å²) in [6.45, 7) is 2.63. The Kier molecular flexibility index (Phi) is 5.03. The van der Waals surface area contributed by atoms with Crippen LogP contribution in [-0.4, -0.2) is 41.3 Å². The van der Waals surface area contributed by atoms with Crippen molar-refractivity contribution >= 4 is 21.7 Å². The summed E-state index contributed by atoms with van der Waals surface area (Å²) in [7, 11) is -2.66. The summed E-state index contributed by atoms with van der Waals surface area (Å²) in [4.78, 5) is 12.1. The number of hydrogen-bond donors (Lipinski definition) is 0. The Bertz CT molecular complexity index is 925. The summed E-state index contributed by atoms with van der Waals surface area (Å²) in [5.74, 6) is 0.291. The van der Waals surface area contributed by atoms with Gasteiger partial charge in [-0.15, -0.1) is 0 Å². The summed E-state index contributed by atoms with van der Waals surface area (Å²) in [6, 6.07) is 10.9. The highest BCUT2D eigenvalue weighted by Gasteiger charge is 2.28. The Hall–Kier alpha value is -2.74. The van der Waals surface area contributed by atoms with Gasteiger partial charge < -0.3 is 14.2 Å². The van der Waals surface area contributed by atoms with E-state index >= 15 is 0 Å². The third kappa shape index (κ3) is 3.20. The summed E-state index contributed by atoms with van der Waals surface area (Å²) < 4.78 is 43.2. The van der Waals surface area contributed by atoms with Crippen molar-refractivity contribution in [2.24, 2.45) is 0 Å². The number of nitrogens with zero attached hydrogens (tertiary/aromatic N) is 1. The van der Waals surface area contributed by atoms with Crippen LogP contribution in [0, 0.1) is 0 Å². The monoisotopic (exact) mass is 377 g/mol. The summed E-state index contributed by atoms with van der Waals surface area (Å²) >= 11 is 0. The van der Waals surface area contributed by atoms with E-state index < -0.39 is 16.0 Å². The molecular formula is C18H19NO6S. The van der Waals surface area contributed by atoms with Crippen LogP contribution in [0.3, 0.4) is 0 Å². The molecule has 0 saturated heterocycles. The third-order valence-electron chi connectivity index (χ3n) is 3.97. The van der Waals surface area contributed by atoms with Crippen molar-refractivity contribution in [3.63, 3.8) is 0 Å². The second kappa shape index (κ2) is 7.25. The normalized spacial score (nSPS) is 13.2. The number of methoxy groups -OCH3 is 1. The molecule has 1 heterocycles. The van der Waals surface area contributed by atoms with Gasteiger partial charge in [-0.05, 0) is 31.2 Å². The van der Waals surface area contributed by atoms with E-state index in [-0.39, 0.29) is 22.7 Å². The zero-order valence-corrected chi connectivity index (χ0v) is 15.3. The molecule has 0 amide bonds. The number of esters is 1. The van der Waals surface area contributed by atoms with Crippen LogP contribution in [-0.2, 0) is 14.8 Å². The van der Waals surface area contributed by atoms with Crippen molar-refractivity contribution < 1.29 is 27.4 Å². The van der Waals surface area contributed by atoms with Crippen molar-refractivity contribution in [3.05, 3.63) is 48.0 Å². The lowest BCUT2D eigenvalue weighted by Gasteiger charge is -2.25. The molecule has 0 unspecified atom stereocenters. The minimum atomic E-state index is -3.91. The highest BCUT2D eigenvalue weighted by molar-refractivity contribution is 7.92. The van der Waals surface area contributed by atoms with E-state index in [1.165, 1.54) is 29.6 Å². The second-order valence-electron chi connectivity index (χ2n) is 5.48. The highest BCUT2D eigenvalue weighted by atomic mass is 32.2. The first kappa shape index (κ1) is 18.1. The fourth-order valence-electron chi connectivity index (χ4n) is 2.75. The maximum Gasteiger partial charge on any atom is 0.340 e. The van der Waals surface area contributed by atoms with Gasteiger partial charge in [-0.3, -0.25) is 4.31 Å². The van der Waals surface area contributed by atoms with Gasteiger partial charge in [-0.25, -0.2) is 13.2 Å². The number of ether oxygens (including phenoxy) is 3. The molecule has 0 aliphatic carbocycles. The molecule has 0 aromatic heterocycles. The van der Waals surface area contributed by atoms with Crippen molar-refractivity contribution in [1.29, 1.82) is 0 Å². The van der Waals surface area contributed by atoms with E-state index in [4.69, 9.17) is 14.2 Å². The van der Waals surface area contributed by atoms with E-state index in [0.717, 1.165) is 0 Å². The zero-order valence-electron chi connectivity index (χ0n) is 14.5. The van der Waals surface area contributed by atoms with E-state index in [9.17, 15) is 13.2 Å². The fourth-order valence-corrected chi connectivity index (χ4v) is 4.26. The lowest BCUT2D eigenvalue weighted by molar-refractivity contribution is 0.0601. The number of sulfonamides is 1. The van der Waals surface area contributed by atoms with Gasteiger partial charge in [-0.2, -0.15) is 0 Å². The van der Waals surface area contributed by atoms with Gasteiger partial charge in [0.05, 0.1) is 23.3 Å². The molecule has 0 saturated carbocycles. The van der Waals surface area contributed by atoms with Gasteiger partial charge in [0.25, 0.3) is 10.0 Å². The van der Waals surface area contributed by atoms with E-state index in [0.29, 0.717) is 24.7 Å². The first-order valence-electron chi connectivity index (χ1n) is 8.08. The minimum absolute atomic E-state index is 0.0586. The largest absolute Gasteiger partial charge is 0.486 e. The Morgan fingerprint density at radius 3 is 2.50 bits per heavy atom. The van der Waals surface area contributed by atoms with Crippen molar-refractivity contribution in [1.82, 2.24) is 0 Å². The van der Waals surface area contributed by atoms with Gasteiger partial charge in [0.2, 0.25) is 0 Å². The zero-order chi connectivity index (χ0) is 18.7. The molecule has 0 N–H and O–H groups in total. The molecule has 8 heteroatoms. The standard InChI is InChI=1S/C18H19NO6S/c1-3-19(15-7-5-4-6-14(15)18(20)23-2)26(21,22)13-8-9-16-17(12-13)25-11-10-24-16/h4-9,12H,3,10-11H2,1-2H3. The second-order valence-corrected chi connectivity index (χ2v) is 7.35. The molecular weight excluding hydrogens is 358 g/mol. The Morgan fingerprint density at radius 1 is 1.12 bits per heavy atom. The minimum Gasteiger partial charge on any atom is -0.486 e. The Morgan fingerprint density at radius 2 is 1.81 bits per heavy atom. The average Bonchev–Trinajstić information content (AvgIpc) is 2.67. The number of hydrogen-bond acceptors (Lipinski definition) is 6. The predicted octanol–water partition coefficient (Wildman–Crippen LogP) is 2.46. The topological polar surface area (TPSA) is 82.1 Å². The molecule has 0 fully saturated rings. The Labute approximate surface area is 152 Å². The summed E-state index contributed by atoms with van der Waals surface area (Å²) in [5, 5.41) is 0. The van der Waals surface area contributed by atoms with Crippen molar-refractivity contribution in [3.8, 4) is 11.5 Å². The van der Waals surface area contributed by atoms with Crippen LogP contribution in [0.4, 0.5) is 5.69 Å². The average molecular weight is 377 g/mol. The van der Waals surface area contributed by atoms with E-state index in [2.05, 4.69) is 0 Å². The quantitative estimate of drug-likeness (QED) is 0.745. The van der Waals surface area contributed by atoms with Crippen molar-refractivity contribution in [2.75, 3.05) is 31.2 Å². The SMILES string of the molecule is CCN(c1ccccc1C(=O)OC)S(=O)(=O)c1ccc2c(c1)OCCO2. The molecule has 0 atom stereocenters. The van der Waals surface area contributed by atoms with E-state index in [1.807, 2.05) is 0 Å². The van der Waals surface area contributed by atoms with E-state index in [1.54, 1.807) is 31.2 Å². The third-order valence-corrected chi connectivity index (χ3v) is 5.85. The molecule has 0 bridgehead atoms. The van der Waals surface area contributed by atoms with Crippen LogP contribution in [0.15, 0.2) is 47.4 Å². The molecule has 26 heavy (non-hydrogen) atoms. The number of carbonyl (C=O) groups is 1. The molecule has 2 aromatic carbocycles. The number of carbonyl (C=O) groups excluding carboxylic acids is 1. The highest BCUT2D eigenvalue weighted by Crippen LogP contribution is 2.34. The van der Waals surface area contributed by atoms with Gasteiger partial charge >= 0.3 is 5.97 Å². The maximum absolute atomic E-state index is 13.2.